The Hall–Kier alpha value is -3.37. The number of halogens is 1. The summed E-state index contributed by atoms with van der Waals surface area (Å²) in [5.41, 5.74) is 0.623. The summed E-state index contributed by atoms with van der Waals surface area (Å²) in [6, 6.07) is 21.1. The summed E-state index contributed by atoms with van der Waals surface area (Å²) in [5.74, 6) is -0.306. The minimum atomic E-state index is -4.14. The molecule has 10 heteroatoms. The third-order valence-corrected chi connectivity index (χ3v) is 8.29. The number of hydrogen-bond donors (Lipinski definition) is 1. The molecule has 1 N–H and O–H groups in total. The summed E-state index contributed by atoms with van der Waals surface area (Å²) in [7, 11) is -4.14. The molecule has 0 bridgehead atoms. The molecule has 3 aromatic carbocycles. The number of anilines is 1. The van der Waals surface area contributed by atoms with Crippen LogP contribution < -0.4 is 14.4 Å². The summed E-state index contributed by atoms with van der Waals surface area (Å²) in [6.07, 6.45) is 0. The van der Waals surface area contributed by atoms with E-state index in [4.69, 9.17) is 4.74 Å². The lowest BCUT2D eigenvalue weighted by atomic mass is 10.1. The van der Waals surface area contributed by atoms with Gasteiger partial charge in [0.2, 0.25) is 11.8 Å². The lowest BCUT2D eigenvalue weighted by molar-refractivity contribution is -0.140. The SMILES string of the molecule is CCOc1ccc(S(=O)(=O)N(CC(=O)N(Cc2ccc(Br)cc2)[C@H](C)C(=O)NC(C)(C)C)c2ccccc2)cc1. The molecule has 0 radical (unpaired) electrons. The molecule has 0 aromatic heterocycles. The van der Waals surface area contributed by atoms with Crippen LogP contribution in [0.5, 0.6) is 5.75 Å². The lowest BCUT2D eigenvalue weighted by Crippen LogP contribution is -2.54. The molecule has 0 aliphatic heterocycles. The van der Waals surface area contributed by atoms with Gasteiger partial charge in [-0.25, -0.2) is 8.42 Å². The van der Waals surface area contributed by atoms with Gasteiger partial charge in [-0.3, -0.25) is 13.9 Å². The van der Waals surface area contributed by atoms with Gasteiger partial charge in [-0.05, 0) is 88.7 Å². The van der Waals surface area contributed by atoms with Crippen molar-refractivity contribution in [2.24, 2.45) is 0 Å². The van der Waals surface area contributed by atoms with Gasteiger partial charge in [-0.2, -0.15) is 0 Å². The van der Waals surface area contributed by atoms with Crippen LogP contribution in [-0.4, -0.2) is 49.9 Å². The number of amides is 2. The van der Waals surface area contributed by atoms with E-state index in [1.54, 1.807) is 49.4 Å². The zero-order chi connectivity index (χ0) is 29.5. The standard InChI is InChI=1S/C30H36BrN3O5S/c1-6-39-26-16-18-27(19-17-26)40(37,38)34(25-10-8-7-9-11-25)21-28(35)33(20-23-12-14-24(31)15-13-23)22(2)29(36)32-30(3,4)5/h7-19,22H,6,20-21H2,1-5H3,(H,32,36)/t22-/m1/s1. The van der Waals surface area contributed by atoms with E-state index in [0.717, 1.165) is 14.3 Å². The maximum Gasteiger partial charge on any atom is 0.264 e. The molecule has 0 aliphatic rings. The average molecular weight is 631 g/mol. The predicted molar refractivity (Wildman–Crippen MR) is 161 cm³/mol. The number of sulfonamides is 1. The number of benzene rings is 3. The van der Waals surface area contributed by atoms with Crippen molar-refractivity contribution < 1.29 is 22.7 Å². The lowest BCUT2D eigenvalue weighted by Gasteiger charge is -2.33. The predicted octanol–water partition coefficient (Wildman–Crippen LogP) is 5.38. The van der Waals surface area contributed by atoms with Crippen molar-refractivity contribution in [3.63, 3.8) is 0 Å². The molecule has 0 heterocycles. The van der Waals surface area contributed by atoms with Crippen molar-refractivity contribution in [1.29, 1.82) is 0 Å². The number of nitrogens with one attached hydrogen (secondary N) is 1. The maximum absolute atomic E-state index is 13.9. The molecular formula is C30H36BrN3O5S. The minimum absolute atomic E-state index is 0.0191. The molecule has 0 aliphatic carbocycles. The smallest absolute Gasteiger partial charge is 0.264 e. The number of carbonyl (C=O) groups is 2. The van der Waals surface area contributed by atoms with Crippen LogP contribution >= 0.6 is 15.9 Å². The third-order valence-electron chi connectivity index (χ3n) is 5.98. The Morgan fingerprint density at radius 3 is 2.10 bits per heavy atom. The molecule has 3 rings (SSSR count). The number of para-hydroxylation sites is 1. The normalized spacial score (nSPS) is 12.3. The van der Waals surface area contributed by atoms with Crippen LogP contribution in [0.1, 0.15) is 40.2 Å². The van der Waals surface area contributed by atoms with Gasteiger partial charge in [0.25, 0.3) is 10.0 Å². The Bertz CT molecular complexity index is 1390. The highest BCUT2D eigenvalue weighted by atomic mass is 79.9. The Labute approximate surface area is 245 Å². The monoisotopic (exact) mass is 629 g/mol. The molecule has 214 valence electrons. The number of rotatable bonds is 11. The zero-order valence-corrected chi connectivity index (χ0v) is 25.8. The van der Waals surface area contributed by atoms with Gasteiger partial charge in [0.1, 0.15) is 18.3 Å². The summed E-state index contributed by atoms with van der Waals surface area (Å²) >= 11 is 3.42. The second kappa shape index (κ2) is 13.3. The summed E-state index contributed by atoms with van der Waals surface area (Å²) < 4.78 is 35.2. The molecule has 8 nitrogen and oxygen atoms in total. The van der Waals surface area contributed by atoms with Gasteiger partial charge in [-0.15, -0.1) is 0 Å². The van der Waals surface area contributed by atoms with Crippen LogP contribution in [0.15, 0.2) is 88.2 Å². The van der Waals surface area contributed by atoms with Gasteiger partial charge in [-0.1, -0.05) is 46.3 Å². The van der Waals surface area contributed by atoms with Gasteiger partial charge >= 0.3 is 0 Å². The third kappa shape index (κ3) is 8.32. The van der Waals surface area contributed by atoms with Gasteiger partial charge in [0, 0.05) is 16.6 Å². The molecule has 0 saturated carbocycles. The number of nitrogens with zero attached hydrogens (tertiary/aromatic N) is 2. The molecule has 0 unspecified atom stereocenters. The van der Waals surface area contributed by atoms with Crippen LogP contribution in [0.3, 0.4) is 0 Å². The maximum atomic E-state index is 13.9. The van der Waals surface area contributed by atoms with E-state index in [1.807, 2.05) is 52.0 Å². The molecule has 2 amide bonds. The van der Waals surface area contributed by atoms with Crippen LogP contribution in [0.4, 0.5) is 5.69 Å². The molecule has 0 fully saturated rings. The highest BCUT2D eigenvalue weighted by molar-refractivity contribution is 9.10. The van der Waals surface area contributed by atoms with Crippen molar-refractivity contribution in [3.8, 4) is 5.75 Å². The van der Waals surface area contributed by atoms with Crippen molar-refractivity contribution in [2.45, 2.75) is 57.6 Å². The van der Waals surface area contributed by atoms with Crippen molar-refractivity contribution in [2.75, 3.05) is 17.5 Å². The van der Waals surface area contributed by atoms with E-state index in [2.05, 4.69) is 21.2 Å². The Balaban J connectivity index is 2.00. The Morgan fingerprint density at radius 2 is 1.55 bits per heavy atom. The van der Waals surface area contributed by atoms with E-state index >= 15 is 0 Å². The summed E-state index contributed by atoms with van der Waals surface area (Å²) in [5, 5.41) is 2.92. The van der Waals surface area contributed by atoms with E-state index in [0.29, 0.717) is 18.0 Å². The minimum Gasteiger partial charge on any atom is -0.494 e. The first-order chi connectivity index (χ1) is 18.8. The highest BCUT2D eigenvalue weighted by Crippen LogP contribution is 2.26. The second-order valence-electron chi connectivity index (χ2n) is 10.3. The highest BCUT2D eigenvalue weighted by Gasteiger charge is 2.33. The van der Waals surface area contributed by atoms with E-state index in [1.165, 1.54) is 17.0 Å². The molecular weight excluding hydrogens is 594 g/mol. The van der Waals surface area contributed by atoms with Gasteiger partial charge in [0.05, 0.1) is 17.2 Å². The molecule has 0 saturated heterocycles. The van der Waals surface area contributed by atoms with Crippen LogP contribution in [0.25, 0.3) is 0 Å². The number of carbonyl (C=O) groups excluding carboxylic acids is 2. The largest absolute Gasteiger partial charge is 0.494 e. The van der Waals surface area contributed by atoms with Crippen LogP contribution in [0, 0.1) is 0 Å². The van der Waals surface area contributed by atoms with Crippen molar-refractivity contribution in [3.05, 3.63) is 88.9 Å². The first kappa shape index (κ1) is 31.2. The first-order valence-electron chi connectivity index (χ1n) is 13.0. The second-order valence-corrected chi connectivity index (χ2v) is 13.1. The van der Waals surface area contributed by atoms with Crippen LogP contribution in [0.2, 0.25) is 0 Å². The molecule has 0 spiro atoms. The van der Waals surface area contributed by atoms with E-state index < -0.39 is 34.1 Å². The van der Waals surface area contributed by atoms with Crippen molar-refractivity contribution >= 4 is 43.5 Å². The zero-order valence-electron chi connectivity index (χ0n) is 23.4. The summed E-state index contributed by atoms with van der Waals surface area (Å²) in [4.78, 5) is 28.5. The van der Waals surface area contributed by atoms with E-state index in [9.17, 15) is 18.0 Å². The van der Waals surface area contributed by atoms with E-state index in [-0.39, 0.29) is 17.3 Å². The average Bonchev–Trinajstić information content (AvgIpc) is 2.91. The number of hydrogen-bond acceptors (Lipinski definition) is 5. The summed E-state index contributed by atoms with van der Waals surface area (Å²) in [6.45, 7) is 9.14. The fourth-order valence-electron chi connectivity index (χ4n) is 3.97. The fraction of sp³-hybridized carbons (Fsp3) is 0.333. The molecule has 1 atom stereocenters. The van der Waals surface area contributed by atoms with Crippen molar-refractivity contribution in [1.82, 2.24) is 10.2 Å². The van der Waals surface area contributed by atoms with Crippen LogP contribution in [-0.2, 0) is 26.2 Å². The number of ether oxygens (including phenoxy) is 1. The van der Waals surface area contributed by atoms with Gasteiger partial charge in [0.15, 0.2) is 0 Å². The molecule has 40 heavy (non-hydrogen) atoms. The van der Waals surface area contributed by atoms with Gasteiger partial charge < -0.3 is 15.0 Å². The Kier molecular flexibility index (Phi) is 10.4. The first-order valence-corrected chi connectivity index (χ1v) is 15.2. The topological polar surface area (TPSA) is 96.0 Å². The fourth-order valence-corrected chi connectivity index (χ4v) is 5.65. The quantitative estimate of drug-likeness (QED) is 0.307. The molecule has 3 aromatic rings. The Morgan fingerprint density at radius 1 is 0.950 bits per heavy atom.